The van der Waals surface area contributed by atoms with Crippen LogP contribution in [0.1, 0.15) is 5.56 Å². The first-order valence-corrected chi connectivity index (χ1v) is 5.99. The highest BCUT2D eigenvalue weighted by Gasteiger charge is 2.21. The summed E-state index contributed by atoms with van der Waals surface area (Å²) in [6.45, 7) is 1.79. The van der Waals surface area contributed by atoms with E-state index in [9.17, 15) is 18.0 Å². The van der Waals surface area contributed by atoms with Crippen LogP contribution in [0.3, 0.4) is 0 Å². The first kappa shape index (κ1) is 13.1. The van der Waals surface area contributed by atoms with E-state index in [-0.39, 0.29) is 4.90 Å². The first-order valence-electron chi connectivity index (χ1n) is 4.51. The number of sulfonamides is 1. The van der Waals surface area contributed by atoms with Crippen LogP contribution in [0.5, 0.6) is 0 Å². The van der Waals surface area contributed by atoms with E-state index in [4.69, 9.17) is 5.84 Å². The molecule has 0 saturated carbocycles. The van der Waals surface area contributed by atoms with E-state index < -0.39 is 21.8 Å². The Morgan fingerprint density at radius 1 is 1.12 bits per heavy atom. The first-order chi connectivity index (χ1) is 7.86. The molecular formula is C9H11N3O4S. The summed E-state index contributed by atoms with van der Waals surface area (Å²) in [5, 5.41) is 0. The fourth-order valence-electron chi connectivity index (χ4n) is 1.01. The average Bonchev–Trinajstić information content (AvgIpc) is 2.27. The van der Waals surface area contributed by atoms with Crippen molar-refractivity contribution >= 4 is 21.8 Å². The van der Waals surface area contributed by atoms with Gasteiger partial charge in [-0.3, -0.25) is 15.0 Å². The molecule has 0 saturated heterocycles. The van der Waals surface area contributed by atoms with Crippen molar-refractivity contribution in [1.82, 2.24) is 10.1 Å². The minimum atomic E-state index is -4.05. The highest BCUT2D eigenvalue weighted by Crippen LogP contribution is 2.09. The van der Waals surface area contributed by atoms with E-state index in [1.165, 1.54) is 17.6 Å². The van der Waals surface area contributed by atoms with Gasteiger partial charge < -0.3 is 0 Å². The van der Waals surface area contributed by atoms with Gasteiger partial charge in [0.1, 0.15) is 0 Å². The normalized spacial score (nSPS) is 10.7. The van der Waals surface area contributed by atoms with E-state index in [2.05, 4.69) is 0 Å². The molecule has 7 nitrogen and oxygen atoms in total. The van der Waals surface area contributed by atoms with Crippen LogP contribution in [0, 0.1) is 6.92 Å². The molecule has 0 fully saturated rings. The van der Waals surface area contributed by atoms with E-state index in [0.717, 1.165) is 5.56 Å². The van der Waals surface area contributed by atoms with Crippen LogP contribution in [0.4, 0.5) is 0 Å². The number of nitrogens with one attached hydrogen (secondary N) is 2. The Kier molecular flexibility index (Phi) is 3.81. The number of aryl methyl sites for hydroxylation is 1. The predicted octanol–water partition coefficient (Wildman–Crippen LogP) is -1.21. The lowest BCUT2D eigenvalue weighted by Crippen LogP contribution is -2.45. The molecule has 8 heteroatoms. The fourth-order valence-corrected chi connectivity index (χ4v) is 1.96. The maximum Gasteiger partial charge on any atom is 0.324 e. The molecule has 0 aliphatic rings. The molecule has 0 aliphatic heterocycles. The molecule has 1 aromatic carbocycles. The van der Waals surface area contributed by atoms with E-state index in [0.29, 0.717) is 0 Å². The Hall–Kier alpha value is -1.93. The van der Waals surface area contributed by atoms with Gasteiger partial charge in [0.25, 0.3) is 10.0 Å². The monoisotopic (exact) mass is 257 g/mol. The number of rotatable bonds is 2. The van der Waals surface area contributed by atoms with Gasteiger partial charge in [0, 0.05) is 0 Å². The third-order valence-electron chi connectivity index (χ3n) is 1.90. The second kappa shape index (κ2) is 4.93. The third-order valence-corrected chi connectivity index (χ3v) is 3.24. The summed E-state index contributed by atoms with van der Waals surface area (Å²) < 4.78 is 24.8. The standard InChI is InChI=1S/C9H11N3O4S/c1-6-2-4-7(5-3-6)17(15,16)12-9(14)8(13)11-10/h2-5H,10H2,1H3,(H,11,13)(H,12,14). The lowest BCUT2D eigenvalue weighted by molar-refractivity contribution is -0.138. The van der Waals surface area contributed by atoms with Crippen LogP contribution >= 0.6 is 0 Å². The predicted molar refractivity (Wildman–Crippen MR) is 58.8 cm³/mol. The van der Waals surface area contributed by atoms with Crippen molar-refractivity contribution in [2.75, 3.05) is 0 Å². The molecular weight excluding hydrogens is 246 g/mol. The second-order valence-corrected chi connectivity index (χ2v) is 4.90. The topological polar surface area (TPSA) is 118 Å². The van der Waals surface area contributed by atoms with Gasteiger partial charge in [-0.1, -0.05) is 17.7 Å². The van der Waals surface area contributed by atoms with Crippen LogP contribution in [-0.2, 0) is 19.6 Å². The minimum absolute atomic E-state index is 0.110. The van der Waals surface area contributed by atoms with Gasteiger partial charge in [0.2, 0.25) is 0 Å². The zero-order valence-electron chi connectivity index (χ0n) is 8.93. The number of carbonyl (C=O) groups excluding carboxylic acids is 2. The average molecular weight is 257 g/mol. The largest absolute Gasteiger partial charge is 0.324 e. The summed E-state index contributed by atoms with van der Waals surface area (Å²) in [6.07, 6.45) is 0. The maximum atomic E-state index is 11.6. The van der Waals surface area contributed by atoms with Crippen molar-refractivity contribution in [1.29, 1.82) is 0 Å². The summed E-state index contributed by atoms with van der Waals surface area (Å²) in [5.41, 5.74) is 2.40. The number of carbonyl (C=O) groups is 2. The fraction of sp³-hybridized carbons (Fsp3) is 0.111. The van der Waals surface area contributed by atoms with Gasteiger partial charge in [-0.05, 0) is 19.1 Å². The molecule has 17 heavy (non-hydrogen) atoms. The molecule has 0 radical (unpaired) electrons. The smallest absolute Gasteiger partial charge is 0.286 e. The van der Waals surface area contributed by atoms with Crippen LogP contribution in [0.2, 0.25) is 0 Å². The summed E-state index contributed by atoms with van der Waals surface area (Å²) in [5.74, 6) is 2.12. The molecule has 92 valence electrons. The van der Waals surface area contributed by atoms with Crippen molar-refractivity contribution in [3.05, 3.63) is 29.8 Å². The highest BCUT2D eigenvalue weighted by atomic mass is 32.2. The molecule has 0 heterocycles. The lowest BCUT2D eigenvalue weighted by Gasteiger charge is -2.05. The zero-order chi connectivity index (χ0) is 13.1. The number of hydrogen-bond donors (Lipinski definition) is 3. The van der Waals surface area contributed by atoms with E-state index >= 15 is 0 Å². The molecule has 0 atom stereocenters. The Bertz CT molecular complexity index is 536. The summed E-state index contributed by atoms with van der Waals surface area (Å²) in [6, 6.07) is 5.79. The highest BCUT2D eigenvalue weighted by molar-refractivity contribution is 7.90. The van der Waals surface area contributed by atoms with Crippen LogP contribution < -0.4 is 16.0 Å². The molecule has 0 bridgehead atoms. The lowest BCUT2D eigenvalue weighted by atomic mass is 10.2. The number of amides is 2. The van der Waals surface area contributed by atoms with Gasteiger partial charge in [0.05, 0.1) is 4.90 Å². The third kappa shape index (κ3) is 3.26. The molecule has 1 aromatic rings. The van der Waals surface area contributed by atoms with Crippen LogP contribution in [0.15, 0.2) is 29.2 Å². The van der Waals surface area contributed by atoms with Crippen molar-refractivity contribution < 1.29 is 18.0 Å². The van der Waals surface area contributed by atoms with Crippen molar-refractivity contribution in [3.8, 4) is 0 Å². The Morgan fingerprint density at radius 2 is 1.65 bits per heavy atom. The number of hydrazine groups is 1. The summed E-state index contributed by atoms with van der Waals surface area (Å²) in [4.78, 5) is 21.7. The van der Waals surface area contributed by atoms with Gasteiger partial charge >= 0.3 is 11.8 Å². The van der Waals surface area contributed by atoms with E-state index in [1.807, 2.05) is 0 Å². The second-order valence-electron chi connectivity index (χ2n) is 3.22. The van der Waals surface area contributed by atoms with Gasteiger partial charge in [-0.2, -0.15) is 0 Å². The van der Waals surface area contributed by atoms with Crippen LogP contribution in [-0.4, -0.2) is 20.2 Å². The van der Waals surface area contributed by atoms with Crippen molar-refractivity contribution in [3.63, 3.8) is 0 Å². The number of nitrogens with two attached hydrogens (primary N) is 1. The zero-order valence-corrected chi connectivity index (χ0v) is 9.74. The Labute approximate surface area is 98.0 Å². The quantitative estimate of drug-likeness (QED) is 0.266. The maximum absolute atomic E-state index is 11.6. The van der Waals surface area contributed by atoms with Crippen molar-refractivity contribution in [2.45, 2.75) is 11.8 Å². The van der Waals surface area contributed by atoms with Crippen molar-refractivity contribution in [2.24, 2.45) is 5.84 Å². The van der Waals surface area contributed by atoms with Gasteiger partial charge in [-0.15, -0.1) is 0 Å². The minimum Gasteiger partial charge on any atom is -0.286 e. The molecule has 0 aromatic heterocycles. The molecule has 1 rings (SSSR count). The Morgan fingerprint density at radius 3 is 2.12 bits per heavy atom. The van der Waals surface area contributed by atoms with Gasteiger partial charge in [-0.25, -0.2) is 19.0 Å². The molecule has 0 unspecified atom stereocenters. The summed E-state index contributed by atoms with van der Waals surface area (Å²) >= 11 is 0. The SMILES string of the molecule is Cc1ccc(S(=O)(=O)NC(=O)C(=O)NN)cc1. The molecule has 0 aliphatic carbocycles. The Balaban J connectivity index is 2.93. The summed E-state index contributed by atoms with van der Waals surface area (Å²) in [7, 11) is -4.05. The van der Waals surface area contributed by atoms with Crippen LogP contribution in [0.25, 0.3) is 0 Å². The van der Waals surface area contributed by atoms with Gasteiger partial charge in [0.15, 0.2) is 0 Å². The molecule has 2 amide bonds. The number of benzene rings is 1. The number of hydrogen-bond acceptors (Lipinski definition) is 5. The molecule has 0 spiro atoms. The molecule has 4 N–H and O–H groups in total. The van der Waals surface area contributed by atoms with E-state index in [1.54, 1.807) is 23.8 Å².